The minimum Gasteiger partial charge on any atom is -0.508 e. The highest BCUT2D eigenvalue weighted by atomic mass is 16.5. The summed E-state index contributed by atoms with van der Waals surface area (Å²) in [6, 6.07) is 6.97. The first-order chi connectivity index (χ1) is 8.70. The van der Waals surface area contributed by atoms with Gasteiger partial charge in [0.05, 0.1) is 12.7 Å². The Labute approximate surface area is 105 Å². The summed E-state index contributed by atoms with van der Waals surface area (Å²) in [5.74, 6) is 0.828. The van der Waals surface area contributed by atoms with Crippen molar-refractivity contribution in [3.63, 3.8) is 0 Å². The highest BCUT2D eigenvalue weighted by Gasteiger charge is 2.06. The minimum atomic E-state index is -0.593. The minimum absolute atomic E-state index is 0.191. The average molecular weight is 248 g/mol. The van der Waals surface area contributed by atoms with Crippen LogP contribution in [0.1, 0.15) is 0 Å². The van der Waals surface area contributed by atoms with Crippen molar-refractivity contribution < 1.29 is 14.9 Å². The molecule has 1 atom stereocenters. The molecule has 1 aromatic carbocycles. The Kier molecular flexibility index (Phi) is 3.96. The van der Waals surface area contributed by atoms with Crippen LogP contribution >= 0.6 is 0 Å². The molecule has 0 saturated heterocycles. The smallest absolute Gasteiger partial charge is 0.134 e. The van der Waals surface area contributed by atoms with Crippen molar-refractivity contribution in [1.29, 1.82) is 0 Å². The molecule has 0 radical (unpaired) electrons. The van der Waals surface area contributed by atoms with E-state index in [1.54, 1.807) is 18.3 Å². The predicted octanol–water partition coefficient (Wildman–Crippen LogP) is 1.36. The Balaban J connectivity index is 2.19. The summed E-state index contributed by atoms with van der Waals surface area (Å²) in [7, 11) is 1.54. The van der Waals surface area contributed by atoms with Crippen LogP contribution in [-0.2, 0) is 4.74 Å². The van der Waals surface area contributed by atoms with Crippen molar-refractivity contribution in [2.75, 3.05) is 25.6 Å². The SMILES string of the molecule is COCC(O)CNc1nccc2ccc(O)cc12. The van der Waals surface area contributed by atoms with E-state index in [1.807, 2.05) is 12.1 Å². The second-order valence-electron chi connectivity index (χ2n) is 4.06. The first kappa shape index (κ1) is 12.6. The third-order valence-corrected chi connectivity index (χ3v) is 2.61. The summed E-state index contributed by atoms with van der Waals surface area (Å²) in [5, 5.41) is 23.9. The molecule has 1 aromatic heterocycles. The van der Waals surface area contributed by atoms with Gasteiger partial charge in [-0.1, -0.05) is 6.07 Å². The second kappa shape index (κ2) is 5.66. The van der Waals surface area contributed by atoms with E-state index < -0.39 is 6.10 Å². The maximum absolute atomic E-state index is 9.57. The molecule has 96 valence electrons. The number of anilines is 1. The molecule has 0 aliphatic heterocycles. The molecule has 0 amide bonds. The fourth-order valence-corrected chi connectivity index (χ4v) is 1.76. The maximum Gasteiger partial charge on any atom is 0.134 e. The molecule has 5 nitrogen and oxygen atoms in total. The highest BCUT2D eigenvalue weighted by molar-refractivity contribution is 5.92. The van der Waals surface area contributed by atoms with Crippen LogP contribution in [0.3, 0.4) is 0 Å². The van der Waals surface area contributed by atoms with Gasteiger partial charge in [0.2, 0.25) is 0 Å². The van der Waals surface area contributed by atoms with Gasteiger partial charge in [-0.3, -0.25) is 0 Å². The van der Waals surface area contributed by atoms with Crippen LogP contribution in [0, 0.1) is 0 Å². The molecule has 0 saturated carbocycles. The van der Waals surface area contributed by atoms with Crippen molar-refractivity contribution in [1.82, 2.24) is 4.98 Å². The van der Waals surface area contributed by atoms with Crippen molar-refractivity contribution in [3.8, 4) is 5.75 Å². The molecule has 1 heterocycles. The number of hydrogen-bond acceptors (Lipinski definition) is 5. The Morgan fingerprint density at radius 1 is 1.39 bits per heavy atom. The van der Waals surface area contributed by atoms with Gasteiger partial charge in [0.15, 0.2) is 0 Å². The van der Waals surface area contributed by atoms with Crippen LogP contribution in [0.5, 0.6) is 5.75 Å². The van der Waals surface area contributed by atoms with Gasteiger partial charge in [-0.05, 0) is 23.6 Å². The van der Waals surface area contributed by atoms with Gasteiger partial charge in [-0.25, -0.2) is 4.98 Å². The van der Waals surface area contributed by atoms with Crippen molar-refractivity contribution in [2.45, 2.75) is 6.10 Å². The zero-order chi connectivity index (χ0) is 13.0. The number of benzene rings is 1. The molecular formula is C13H16N2O3. The Morgan fingerprint density at radius 2 is 2.22 bits per heavy atom. The lowest BCUT2D eigenvalue weighted by Gasteiger charge is -2.12. The number of ether oxygens (including phenoxy) is 1. The van der Waals surface area contributed by atoms with Crippen molar-refractivity contribution in [3.05, 3.63) is 30.5 Å². The normalized spacial score (nSPS) is 12.6. The van der Waals surface area contributed by atoms with Crippen LogP contribution in [0.4, 0.5) is 5.82 Å². The fourth-order valence-electron chi connectivity index (χ4n) is 1.76. The Bertz CT molecular complexity index is 531. The molecule has 1 unspecified atom stereocenters. The zero-order valence-corrected chi connectivity index (χ0v) is 10.1. The molecule has 0 spiro atoms. The van der Waals surface area contributed by atoms with E-state index in [1.165, 1.54) is 7.11 Å². The molecule has 0 bridgehead atoms. The lowest BCUT2D eigenvalue weighted by atomic mass is 10.1. The topological polar surface area (TPSA) is 74.6 Å². The molecule has 3 N–H and O–H groups in total. The predicted molar refractivity (Wildman–Crippen MR) is 69.8 cm³/mol. The van der Waals surface area contributed by atoms with Crippen LogP contribution in [0.2, 0.25) is 0 Å². The maximum atomic E-state index is 9.57. The third kappa shape index (κ3) is 2.88. The van der Waals surface area contributed by atoms with E-state index >= 15 is 0 Å². The number of nitrogens with zero attached hydrogens (tertiary/aromatic N) is 1. The molecule has 18 heavy (non-hydrogen) atoms. The van der Waals surface area contributed by atoms with E-state index in [2.05, 4.69) is 10.3 Å². The molecule has 0 aliphatic carbocycles. The lowest BCUT2D eigenvalue weighted by molar-refractivity contribution is 0.0727. The van der Waals surface area contributed by atoms with Gasteiger partial charge < -0.3 is 20.3 Å². The zero-order valence-electron chi connectivity index (χ0n) is 10.1. The molecule has 2 rings (SSSR count). The Hall–Kier alpha value is -1.85. The van der Waals surface area contributed by atoms with Gasteiger partial charge in [-0.15, -0.1) is 0 Å². The van der Waals surface area contributed by atoms with Gasteiger partial charge >= 0.3 is 0 Å². The first-order valence-electron chi connectivity index (χ1n) is 5.69. The number of aliphatic hydroxyl groups excluding tert-OH is 1. The van der Waals surface area contributed by atoms with Crippen LogP contribution < -0.4 is 5.32 Å². The fraction of sp³-hybridized carbons (Fsp3) is 0.308. The third-order valence-electron chi connectivity index (χ3n) is 2.61. The number of fused-ring (bicyclic) bond motifs is 1. The number of nitrogens with one attached hydrogen (secondary N) is 1. The number of aliphatic hydroxyl groups is 1. The van der Waals surface area contributed by atoms with E-state index in [0.29, 0.717) is 12.4 Å². The van der Waals surface area contributed by atoms with Crippen molar-refractivity contribution >= 4 is 16.6 Å². The summed E-state index contributed by atoms with van der Waals surface area (Å²) in [4.78, 5) is 4.21. The van der Waals surface area contributed by atoms with E-state index in [4.69, 9.17) is 4.74 Å². The molecule has 0 aliphatic rings. The second-order valence-corrected chi connectivity index (χ2v) is 4.06. The average Bonchev–Trinajstić information content (AvgIpc) is 2.36. The first-order valence-corrected chi connectivity index (χ1v) is 5.69. The van der Waals surface area contributed by atoms with E-state index in [-0.39, 0.29) is 12.4 Å². The van der Waals surface area contributed by atoms with E-state index in [0.717, 1.165) is 10.8 Å². The van der Waals surface area contributed by atoms with Crippen LogP contribution in [-0.4, -0.2) is 41.6 Å². The summed E-state index contributed by atoms with van der Waals surface area (Å²) < 4.78 is 4.85. The monoisotopic (exact) mass is 248 g/mol. The number of phenols is 1. The summed E-state index contributed by atoms with van der Waals surface area (Å²) in [6.45, 7) is 0.610. The summed E-state index contributed by atoms with van der Waals surface area (Å²) in [6.07, 6.45) is 1.09. The van der Waals surface area contributed by atoms with Crippen LogP contribution in [0.15, 0.2) is 30.5 Å². The van der Waals surface area contributed by atoms with Crippen LogP contribution in [0.25, 0.3) is 10.8 Å². The molecular weight excluding hydrogens is 232 g/mol. The number of hydrogen-bond donors (Lipinski definition) is 3. The van der Waals surface area contributed by atoms with Gasteiger partial charge in [0.1, 0.15) is 11.6 Å². The Morgan fingerprint density at radius 3 is 3.00 bits per heavy atom. The van der Waals surface area contributed by atoms with E-state index in [9.17, 15) is 10.2 Å². The number of pyridine rings is 1. The van der Waals surface area contributed by atoms with Crippen molar-refractivity contribution in [2.24, 2.45) is 0 Å². The largest absolute Gasteiger partial charge is 0.508 e. The number of aromatic nitrogens is 1. The number of methoxy groups -OCH3 is 1. The van der Waals surface area contributed by atoms with Gasteiger partial charge in [0.25, 0.3) is 0 Å². The van der Waals surface area contributed by atoms with Gasteiger partial charge in [0, 0.05) is 25.2 Å². The quantitative estimate of drug-likeness (QED) is 0.745. The number of aromatic hydroxyl groups is 1. The molecule has 5 heteroatoms. The lowest BCUT2D eigenvalue weighted by Crippen LogP contribution is -2.24. The molecule has 2 aromatic rings. The number of phenolic OH excluding ortho intramolecular Hbond substituents is 1. The van der Waals surface area contributed by atoms with Gasteiger partial charge in [-0.2, -0.15) is 0 Å². The highest BCUT2D eigenvalue weighted by Crippen LogP contribution is 2.24. The summed E-state index contributed by atoms with van der Waals surface area (Å²) >= 11 is 0. The summed E-state index contributed by atoms with van der Waals surface area (Å²) in [5.41, 5.74) is 0. The number of rotatable bonds is 5. The standard InChI is InChI=1S/C13H16N2O3/c1-18-8-11(17)7-15-13-12-6-10(16)3-2-9(12)4-5-14-13/h2-6,11,16-17H,7-8H2,1H3,(H,14,15). The molecule has 0 fully saturated rings.